The zero-order valence-corrected chi connectivity index (χ0v) is 10.5. The largest absolute Gasteiger partial charge is 0.282 e. The van der Waals surface area contributed by atoms with E-state index < -0.39 is 5.82 Å². The average molecular weight is 274 g/mol. The van der Waals surface area contributed by atoms with Crippen LogP contribution in [-0.2, 0) is 0 Å². The molecule has 0 amide bonds. The zero-order valence-electron chi connectivity index (χ0n) is 9.79. The fraction of sp³-hybridized carbons (Fsp3) is 0. The van der Waals surface area contributed by atoms with E-state index in [9.17, 15) is 4.39 Å². The van der Waals surface area contributed by atoms with Gasteiger partial charge in [-0.25, -0.2) is 4.39 Å². The molecule has 0 radical (unpaired) electrons. The van der Waals surface area contributed by atoms with E-state index in [1.807, 2.05) is 30.3 Å². The fourth-order valence-corrected chi connectivity index (χ4v) is 2.03. The molecule has 0 saturated heterocycles. The van der Waals surface area contributed by atoms with Gasteiger partial charge >= 0.3 is 0 Å². The summed E-state index contributed by atoms with van der Waals surface area (Å²) in [6, 6.07) is 14.0. The van der Waals surface area contributed by atoms with Gasteiger partial charge in [0.15, 0.2) is 5.82 Å². The molecule has 0 spiro atoms. The predicted molar refractivity (Wildman–Crippen MR) is 71.8 cm³/mol. The first-order valence-electron chi connectivity index (χ1n) is 5.66. The lowest BCUT2D eigenvalue weighted by Gasteiger charge is -2.07. The van der Waals surface area contributed by atoms with E-state index in [4.69, 9.17) is 11.6 Å². The van der Waals surface area contributed by atoms with E-state index in [0.29, 0.717) is 16.4 Å². The molecule has 3 nitrogen and oxygen atoms in total. The highest BCUT2D eigenvalue weighted by Gasteiger charge is 2.13. The highest BCUT2D eigenvalue weighted by atomic mass is 35.5. The molecule has 0 aliphatic heterocycles. The highest BCUT2D eigenvalue weighted by Crippen LogP contribution is 2.25. The Balaban J connectivity index is 2.15. The topological polar surface area (TPSA) is 30.7 Å². The Morgan fingerprint density at radius 3 is 2.58 bits per heavy atom. The van der Waals surface area contributed by atoms with Crippen LogP contribution in [0.2, 0.25) is 5.02 Å². The molecule has 3 rings (SSSR count). The Labute approximate surface area is 114 Å². The minimum Gasteiger partial charge on any atom is -0.282 e. The molecular formula is C14H9ClFN3. The van der Waals surface area contributed by atoms with Crippen LogP contribution >= 0.6 is 11.6 Å². The molecule has 1 heterocycles. The van der Waals surface area contributed by atoms with E-state index in [2.05, 4.69) is 10.2 Å². The minimum atomic E-state index is -0.419. The number of halogens is 2. The van der Waals surface area contributed by atoms with Gasteiger partial charge in [0.2, 0.25) is 0 Å². The standard InChI is InChI=1S/C14H9ClFN3/c15-10-6-7-12(13(16)8-10)14-18-17-9-19(14)11-4-2-1-3-5-11/h1-9H. The van der Waals surface area contributed by atoms with Crippen molar-refractivity contribution in [2.24, 2.45) is 0 Å². The number of rotatable bonds is 2. The van der Waals surface area contributed by atoms with Crippen molar-refractivity contribution >= 4 is 11.6 Å². The Morgan fingerprint density at radius 2 is 1.84 bits per heavy atom. The molecule has 0 saturated carbocycles. The van der Waals surface area contributed by atoms with Crippen LogP contribution in [0.15, 0.2) is 54.9 Å². The van der Waals surface area contributed by atoms with Gasteiger partial charge in [-0.1, -0.05) is 29.8 Å². The molecule has 0 bridgehead atoms. The lowest BCUT2D eigenvalue weighted by Crippen LogP contribution is -1.97. The molecule has 0 unspecified atom stereocenters. The van der Waals surface area contributed by atoms with E-state index in [1.165, 1.54) is 6.07 Å². The van der Waals surface area contributed by atoms with Gasteiger partial charge in [-0.3, -0.25) is 4.57 Å². The third-order valence-electron chi connectivity index (χ3n) is 2.75. The van der Waals surface area contributed by atoms with Crippen molar-refractivity contribution in [2.75, 3.05) is 0 Å². The van der Waals surface area contributed by atoms with Gasteiger partial charge in [0.05, 0.1) is 5.56 Å². The maximum atomic E-state index is 13.9. The summed E-state index contributed by atoms with van der Waals surface area (Å²) in [5, 5.41) is 8.19. The molecule has 94 valence electrons. The van der Waals surface area contributed by atoms with E-state index in [1.54, 1.807) is 23.0 Å². The molecule has 5 heteroatoms. The second kappa shape index (κ2) is 4.82. The average Bonchev–Trinajstić information content (AvgIpc) is 2.89. The van der Waals surface area contributed by atoms with Crippen molar-refractivity contribution in [3.63, 3.8) is 0 Å². The number of aromatic nitrogens is 3. The van der Waals surface area contributed by atoms with Crippen LogP contribution in [0.4, 0.5) is 4.39 Å². The van der Waals surface area contributed by atoms with E-state index in [-0.39, 0.29) is 0 Å². The maximum absolute atomic E-state index is 13.9. The lowest BCUT2D eigenvalue weighted by molar-refractivity contribution is 0.629. The molecule has 0 N–H and O–H groups in total. The molecular weight excluding hydrogens is 265 g/mol. The summed E-state index contributed by atoms with van der Waals surface area (Å²) in [4.78, 5) is 0. The summed E-state index contributed by atoms with van der Waals surface area (Å²) in [5.74, 6) is 0.0260. The van der Waals surface area contributed by atoms with Gasteiger partial charge in [0.1, 0.15) is 12.1 Å². The second-order valence-corrected chi connectivity index (χ2v) is 4.42. The van der Waals surface area contributed by atoms with Gasteiger partial charge in [-0.15, -0.1) is 10.2 Å². The van der Waals surface area contributed by atoms with Crippen LogP contribution in [0.25, 0.3) is 17.1 Å². The Morgan fingerprint density at radius 1 is 1.05 bits per heavy atom. The molecule has 3 aromatic rings. The van der Waals surface area contributed by atoms with E-state index >= 15 is 0 Å². The van der Waals surface area contributed by atoms with Crippen molar-refractivity contribution in [1.82, 2.24) is 14.8 Å². The number of nitrogens with zero attached hydrogens (tertiary/aromatic N) is 3. The number of hydrogen-bond acceptors (Lipinski definition) is 2. The summed E-state index contributed by atoms with van der Waals surface area (Å²) < 4.78 is 15.7. The fourth-order valence-electron chi connectivity index (χ4n) is 1.87. The summed E-state index contributed by atoms with van der Waals surface area (Å²) >= 11 is 5.75. The van der Waals surface area contributed by atoms with Crippen molar-refractivity contribution in [1.29, 1.82) is 0 Å². The third-order valence-corrected chi connectivity index (χ3v) is 2.99. The number of para-hydroxylation sites is 1. The lowest BCUT2D eigenvalue weighted by atomic mass is 10.2. The Kier molecular flexibility index (Phi) is 3.01. The Hall–Kier alpha value is -2.20. The Bertz CT molecular complexity index is 710. The van der Waals surface area contributed by atoms with Crippen LogP contribution < -0.4 is 0 Å². The monoisotopic (exact) mass is 273 g/mol. The smallest absolute Gasteiger partial charge is 0.171 e. The SMILES string of the molecule is Fc1cc(Cl)ccc1-c1nncn1-c1ccccc1. The summed E-state index contributed by atoms with van der Waals surface area (Å²) in [7, 11) is 0. The summed E-state index contributed by atoms with van der Waals surface area (Å²) in [5.41, 5.74) is 1.24. The quantitative estimate of drug-likeness (QED) is 0.712. The molecule has 0 aliphatic rings. The first-order chi connectivity index (χ1) is 9.25. The van der Waals surface area contributed by atoms with E-state index in [0.717, 1.165) is 5.69 Å². The first kappa shape index (κ1) is 11.9. The van der Waals surface area contributed by atoms with Crippen molar-refractivity contribution in [2.45, 2.75) is 0 Å². The van der Waals surface area contributed by atoms with Crippen LogP contribution in [0, 0.1) is 5.82 Å². The van der Waals surface area contributed by atoms with Crippen molar-refractivity contribution in [3.05, 3.63) is 65.7 Å². The van der Waals surface area contributed by atoms with Gasteiger partial charge in [0.25, 0.3) is 0 Å². The highest BCUT2D eigenvalue weighted by molar-refractivity contribution is 6.30. The van der Waals surface area contributed by atoms with Crippen LogP contribution in [0.1, 0.15) is 0 Å². The molecule has 1 aromatic heterocycles. The van der Waals surface area contributed by atoms with Crippen molar-refractivity contribution in [3.8, 4) is 17.1 Å². The number of benzene rings is 2. The van der Waals surface area contributed by atoms with Crippen LogP contribution in [0.5, 0.6) is 0 Å². The maximum Gasteiger partial charge on any atom is 0.171 e. The molecule has 19 heavy (non-hydrogen) atoms. The summed E-state index contributed by atoms with van der Waals surface area (Å²) in [6.45, 7) is 0. The minimum absolute atomic E-state index is 0.354. The molecule has 2 aromatic carbocycles. The summed E-state index contributed by atoms with van der Waals surface area (Å²) in [6.07, 6.45) is 1.55. The van der Waals surface area contributed by atoms with Gasteiger partial charge in [-0.2, -0.15) is 0 Å². The van der Waals surface area contributed by atoms with Crippen LogP contribution in [0.3, 0.4) is 0 Å². The van der Waals surface area contributed by atoms with Crippen LogP contribution in [-0.4, -0.2) is 14.8 Å². The molecule has 0 fully saturated rings. The van der Waals surface area contributed by atoms with Crippen molar-refractivity contribution < 1.29 is 4.39 Å². The zero-order chi connectivity index (χ0) is 13.2. The predicted octanol–water partition coefficient (Wildman–Crippen LogP) is 3.73. The molecule has 0 aliphatic carbocycles. The second-order valence-electron chi connectivity index (χ2n) is 3.98. The normalized spacial score (nSPS) is 10.6. The molecule has 0 atom stereocenters. The number of hydrogen-bond donors (Lipinski definition) is 0. The first-order valence-corrected chi connectivity index (χ1v) is 6.04. The van der Waals surface area contributed by atoms with Gasteiger partial charge in [-0.05, 0) is 30.3 Å². The van der Waals surface area contributed by atoms with Gasteiger partial charge in [0, 0.05) is 10.7 Å². The third kappa shape index (κ3) is 2.22. The van der Waals surface area contributed by atoms with Gasteiger partial charge < -0.3 is 0 Å².